The first-order valence-electron chi connectivity index (χ1n) is 3.07. The SMILES string of the molecule is O=[N+]([O-])c1ccc(COP(Cl)Cl)o1. The van der Waals surface area contributed by atoms with Crippen molar-refractivity contribution in [3.63, 3.8) is 0 Å². The minimum absolute atomic E-state index is 0.0343. The fourth-order valence-corrected chi connectivity index (χ4v) is 1.17. The van der Waals surface area contributed by atoms with E-state index < -0.39 is 11.8 Å². The summed E-state index contributed by atoms with van der Waals surface area (Å²) in [6, 6.07) is 2.67. The van der Waals surface area contributed by atoms with E-state index in [0.29, 0.717) is 5.76 Å². The predicted molar refractivity (Wildman–Crippen MR) is 48.8 cm³/mol. The van der Waals surface area contributed by atoms with Gasteiger partial charge in [0, 0.05) is 0 Å². The average molecular weight is 244 g/mol. The normalized spacial score (nSPS) is 10.7. The number of halogens is 2. The third-order valence-electron chi connectivity index (χ3n) is 1.13. The highest BCUT2D eigenvalue weighted by Crippen LogP contribution is 2.48. The van der Waals surface area contributed by atoms with Gasteiger partial charge in [-0.3, -0.25) is 10.1 Å². The molecule has 0 aliphatic rings. The third kappa shape index (κ3) is 3.48. The fourth-order valence-electron chi connectivity index (χ4n) is 0.655. The Kier molecular flexibility index (Phi) is 3.93. The smallest absolute Gasteiger partial charge is 0.403 e. The molecule has 0 amide bonds. The van der Waals surface area contributed by atoms with Crippen LogP contribution in [0.1, 0.15) is 5.76 Å². The van der Waals surface area contributed by atoms with Crippen molar-refractivity contribution in [1.29, 1.82) is 0 Å². The molecule has 13 heavy (non-hydrogen) atoms. The molecule has 72 valence electrons. The van der Waals surface area contributed by atoms with Crippen LogP contribution in [-0.2, 0) is 11.1 Å². The van der Waals surface area contributed by atoms with Gasteiger partial charge in [-0.1, -0.05) is 0 Å². The highest BCUT2D eigenvalue weighted by atomic mass is 35.9. The molecule has 0 aliphatic carbocycles. The molecular weight excluding hydrogens is 240 g/mol. The molecule has 0 bridgehead atoms. The van der Waals surface area contributed by atoms with Crippen molar-refractivity contribution in [2.45, 2.75) is 6.61 Å². The minimum atomic E-state index is -1.52. The minimum Gasteiger partial charge on any atom is -0.403 e. The Hall–Kier alpha value is -0.350. The van der Waals surface area contributed by atoms with E-state index in [4.69, 9.17) is 31.4 Å². The lowest BCUT2D eigenvalue weighted by Gasteiger charge is -1.98. The molecule has 0 atom stereocenters. The zero-order valence-electron chi connectivity index (χ0n) is 6.15. The molecule has 1 rings (SSSR count). The summed E-state index contributed by atoms with van der Waals surface area (Å²) in [7, 11) is 0. The van der Waals surface area contributed by atoms with E-state index in [1.54, 1.807) is 0 Å². The van der Waals surface area contributed by atoms with E-state index in [1.807, 2.05) is 0 Å². The molecule has 0 saturated carbocycles. The Labute approximate surface area is 84.1 Å². The lowest BCUT2D eigenvalue weighted by Crippen LogP contribution is -1.84. The first-order valence-corrected chi connectivity index (χ1v) is 6.14. The van der Waals surface area contributed by atoms with Crippen molar-refractivity contribution in [1.82, 2.24) is 0 Å². The Morgan fingerprint density at radius 3 is 2.77 bits per heavy atom. The van der Waals surface area contributed by atoms with Crippen LogP contribution in [-0.4, -0.2) is 4.92 Å². The number of nitro groups is 1. The Morgan fingerprint density at radius 1 is 1.62 bits per heavy atom. The molecule has 0 N–H and O–H groups in total. The number of hydrogen-bond acceptors (Lipinski definition) is 4. The molecule has 5 nitrogen and oxygen atoms in total. The first-order chi connectivity index (χ1) is 6.09. The van der Waals surface area contributed by atoms with Crippen molar-refractivity contribution >= 4 is 35.2 Å². The van der Waals surface area contributed by atoms with E-state index in [2.05, 4.69) is 0 Å². The van der Waals surface area contributed by atoms with Gasteiger partial charge in [0.1, 0.15) is 17.3 Å². The molecule has 0 unspecified atom stereocenters. The topological polar surface area (TPSA) is 65.5 Å². The maximum absolute atomic E-state index is 10.2. The zero-order valence-corrected chi connectivity index (χ0v) is 8.55. The van der Waals surface area contributed by atoms with Gasteiger partial charge in [-0.25, -0.2) is 0 Å². The average Bonchev–Trinajstić information content (AvgIpc) is 2.48. The van der Waals surface area contributed by atoms with Crippen LogP contribution in [0.15, 0.2) is 16.5 Å². The van der Waals surface area contributed by atoms with Crippen molar-refractivity contribution < 1.29 is 13.9 Å². The third-order valence-corrected chi connectivity index (χ3v) is 2.04. The predicted octanol–water partition coefficient (Wildman–Crippen LogP) is 3.41. The zero-order chi connectivity index (χ0) is 9.84. The van der Waals surface area contributed by atoms with Gasteiger partial charge < -0.3 is 8.94 Å². The molecule has 0 fully saturated rings. The first kappa shape index (κ1) is 10.7. The largest absolute Gasteiger partial charge is 0.433 e. The molecule has 0 radical (unpaired) electrons. The van der Waals surface area contributed by atoms with Crippen LogP contribution in [0.2, 0.25) is 0 Å². The lowest BCUT2D eigenvalue weighted by atomic mass is 10.5. The van der Waals surface area contributed by atoms with Gasteiger partial charge in [-0.2, -0.15) is 0 Å². The summed E-state index contributed by atoms with van der Waals surface area (Å²) in [5, 5.41) is 10.2. The summed E-state index contributed by atoms with van der Waals surface area (Å²) >= 11 is 10.7. The quantitative estimate of drug-likeness (QED) is 0.462. The van der Waals surface area contributed by atoms with Crippen LogP contribution in [0.3, 0.4) is 0 Å². The Bertz CT molecular complexity index is 302. The van der Waals surface area contributed by atoms with E-state index >= 15 is 0 Å². The number of nitrogens with zero attached hydrogens (tertiary/aromatic N) is 1. The van der Waals surface area contributed by atoms with E-state index in [-0.39, 0.29) is 12.5 Å². The van der Waals surface area contributed by atoms with Gasteiger partial charge >= 0.3 is 5.88 Å². The van der Waals surface area contributed by atoms with Gasteiger partial charge in [0.15, 0.2) is 0 Å². The van der Waals surface area contributed by atoms with Crippen LogP contribution < -0.4 is 0 Å². The van der Waals surface area contributed by atoms with Gasteiger partial charge in [-0.15, -0.1) is 0 Å². The second kappa shape index (κ2) is 4.77. The summed E-state index contributed by atoms with van der Waals surface area (Å²) in [4.78, 5) is 9.54. The number of rotatable bonds is 4. The highest BCUT2D eigenvalue weighted by Gasteiger charge is 2.12. The summed E-state index contributed by atoms with van der Waals surface area (Å²) in [6.07, 6.45) is 0. The van der Waals surface area contributed by atoms with Gasteiger partial charge in [0.25, 0.3) is 0 Å². The fraction of sp³-hybridized carbons (Fsp3) is 0.200. The highest BCUT2D eigenvalue weighted by molar-refractivity contribution is 8.00. The summed E-state index contributed by atoms with van der Waals surface area (Å²) in [6.45, 7) is -1.48. The van der Waals surface area contributed by atoms with Gasteiger partial charge in [0.05, 0.1) is 6.07 Å². The van der Waals surface area contributed by atoms with Crippen molar-refractivity contribution in [2.75, 3.05) is 0 Å². The molecule has 0 spiro atoms. The molecule has 1 aromatic heterocycles. The Morgan fingerprint density at radius 2 is 2.31 bits per heavy atom. The molecule has 8 heteroatoms. The Balaban J connectivity index is 2.54. The summed E-state index contributed by atoms with van der Waals surface area (Å²) in [5.41, 5.74) is 0. The lowest BCUT2D eigenvalue weighted by molar-refractivity contribution is -0.402. The van der Waals surface area contributed by atoms with Crippen molar-refractivity contribution in [3.05, 3.63) is 28.0 Å². The maximum atomic E-state index is 10.2. The van der Waals surface area contributed by atoms with Crippen molar-refractivity contribution in [3.8, 4) is 0 Å². The van der Waals surface area contributed by atoms with Gasteiger partial charge in [-0.05, 0) is 28.5 Å². The molecule has 0 aromatic carbocycles. The second-order valence-electron chi connectivity index (χ2n) is 1.97. The molecule has 0 saturated heterocycles. The standard InChI is InChI=1S/C5H4Cl2NO4P/c6-13(7)11-3-4-1-2-5(12-4)8(9)10/h1-2H,3H2. The molecular formula is C5H4Cl2NO4P. The van der Waals surface area contributed by atoms with Gasteiger partial charge in [0.2, 0.25) is 6.85 Å². The van der Waals surface area contributed by atoms with Crippen LogP contribution in [0.5, 0.6) is 0 Å². The molecule has 1 aromatic rings. The van der Waals surface area contributed by atoms with Crippen LogP contribution >= 0.6 is 29.3 Å². The maximum Gasteiger partial charge on any atom is 0.433 e. The van der Waals surface area contributed by atoms with E-state index in [0.717, 1.165) is 0 Å². The number of furan rings is 1. The monoisotopic (exact) mass is 243 g/mol. The van der Waals surface area contributed by atoms with Crippen LogP contribution in [0, 0.1) is 10.1 Å². The van der Waals surface area contributed by atoms with Crippen molar-refractivity contribution in [2.24, 2.45) is 0 Å². The van der Waals surface area contributed by atoms with Crippen LogP contribution in [0.4, 0.5) is 5.88 Å². The van der Waals surface area contributed by atoms with Crippen LogP contribution in [0.25, 0.3) is 0 Å². The summed E-state index contributed by atoms with van der Waals surface area (Å²) in [5.74, 6) is -0.00688. The summed E-state index contributed by atoms with van der Waals surface area (Å²) < 4.78 is 9.56. The second-order valence-corrected chi connectivity index (χ2v) is 5.00. The molecule has 0 aliphatic heterocycles. The van der Waals surface area contributed by atoms with E-state index in [1.165, 1.54) is 12.1 Å². The van der Waals surface area contributed by atoms with E-state index in [9.17, 15) is 10.1 Å². The molecule has 1 heterocycles. The number of hydrogen-bond donors (Lipinski definition) is 0.